The Kier molecular flexibility index (Phi) is 4.84. The number of thioether (sulfide) groups is 1. The Balaban J connectivity index is 2.05. The van der Waals surface area contributed by atoms with Crippen molar-refractivity contribution >= 4 is 50.4 Å². The molecule has 1 fully saturated rings. The summed E-state index contributed by atoms with van der Waals surface area (Å²) in [5, 5.41) is 2.24. The van der Waals surface area contributed by atoms with Crippen molar-refractivity contribution in [3.05, 3.63) is 39.2 Å². The number of nitrogens with zero attached hydrogens (tertiary/aromatic N) is 1. The summed E-state index contributed by atoms with van der Waals surface area (Å²) in [5.41, 5.74) is 1.37. The molecule has 0 aliphatic carbocycles. The quantitative estimate of drug-likeness (QED) is 0.830. The van der Waals surface area contributed by atoms with Crippen molar-refractivity contribution in [2.24, 2.45) is 0 Å². The minimum absolute atomic E-state index is 0.284. The number of carbonyl (C=O) groups excluding carboxylic acids is 3. The summed E-state index contributed by atoms with van der Waals surface area (Å²) in [4.78, 5) is 37.1. The maximum Gasteiger partial charge on any atom is 0.294 e. The van der Waals surface area contributed by atoms with E-state index in [4.69, 9.17) is 0 Å². The molecule has 1 saturated heterocycles. The van der Waals surface area contributed by atoms with E-state index < -0.39 is 17.1 Å². The lowest BCUT2D eigenvalue weighted by atomic mass is 10.3. The average molecular weight is 369 g/mol. The minimum Gasteiger partial charge on any atom is -0.324 e. The number of carbonyl (C=O) groups is 3. The molecule has 0 bridgehead atoms. The third kappa shape index (κ3) is 3.74. The van der Waals surface area contributed by atoms with Gasteiger partial charge in [-0.1, -0.05) is 27.6 Å². The molecule has 0 atom stereocenters. The lowest BCUT2D eigenvalue weighted by Crippen LogP contribution is -2.36. The summed E-state index contributed by atoms with van der Waals surface area (Å²) in [6, 6.07) is 7.08. The van der Waals surface area contributed by atoms with Gasteiger partial charge in [-0.05, 0) is 43.8 Å². The molecule has 1 aliphatic rings. The number of imide groups is 1. The van der Waals surface area contributed by atoms with Gasteiger partial charge in [-0.3, -0.25) is 19.3 Å². The molecule has 0 saturated carbocycles. The molecule has 2 rings (SSSR count). The summed E-state index contributed by atoms with van der Waals surface area (Å²) in [6.07, 6.45) is 0. The van der Waals surface area contributed by atoms with Gasteiger partial charge in [0.1, 0.15) is 6.54 Å². The van der Waals surface area contributed by atoms with Gasteiger partial charge in [-0.25, -0.2) is 0 Å². The number of anilines is 1. The van der Waals surface area contributed by atoms with Crippen LogP contribution in [0.1, 0.15) is 13.8 Å². The average Bonchev–Trinajstić information content (AvgIpc) is 2.67. The molecule has 1 aliphatic heterocycles. The zero-order valence-corrected chi connectivity index (χ0v) is 13.9. The van der Waals surface area contributed by atoms with Gasteiger partial charge < -0.3 is 5.32 Å². The highest BCUT2D eigenvalue weighted by Gasteiger charge is 2.36. The summed E-state index contributed by atoms with van der Waals surface area (Å²) in [6.45, 7) is 3.24. The zero-order valence-electron chi connectivity index (χ0n) is 11.5. The Labute approximate surface area is 134 Å². The van der Waals surface area contributed by atoms with E-state index in [1.807, 2.05) is 6.07 Å². The monoisotopic (exact) mass is 368 g/mol. The molecule has 21 heavy (non-hydrogen) atoms. The van der Waals surface area contributed by atoms with Crippen LogP contribution in [0.15, 0.2) is 39.2 Å². The highest BCUT2D eigenvalue weighted by Crippen LogP contribution is 2.32. The first-order valence-corrected chi connectivity index (χ1v) is 7.76. The smallest absolute Gasteiger partial charge is 0.294 e. The lowest BCUT2D eigenvalue weighted by Gasteiger charge is -2.12. The van der Waals surface area contributed by atoms with E-state index in [9.17, 15) is 14.4 Å². The van der Waals surface area contributed by atoms with Gasteiger partial charge in [-0.15, -0.1) is 0 Å². The van der Waals surface area contributed by atoms with Crippen LogP contribution in [0.5, 0.6) is 0 Å². The van der Waals surface area contributed by atoms with Crippen molar-refractivity contribution in [3.8, 4) is 0 Å². The second kappa shape index (κ2) is 6.44. The predicted octanol–water partition coefficient (Wildman–Crippen LogP) is 3.38. The van der Waals surface area contributed by atoms with Crippen LogP contribution >= 0.6 is 27.7 Å². The van der Waals surface area contributed by atoms with Gasteiger partial charge in [0.2, 0.25) is 5.91 Å². The van der Waals surface area contributed by atoms with Crippen LogP contribution in [0.4, 0.5) is 10.5 Å². The number of hydrogen-bond acceptors (Lipinski definition) is 4. The van der Waals surface area contributed by atoms with Crippen LogP contribution in [-0.2, 0) is 9.59 Å². The van der Waals surface area contributed by atoms with Gasteiger partial charge in [0, 0.05) is 10.2 Å². The molecule has 0 radical (unpaired) electrons. The van der Waals surface area contributed by atoms with Crippen molar-refractivity contribution < 1.29 is 14.4 Å². The lowest BCUT2D eigenvalue weighted by molar-refractivity contribution is -0.127. The molecule has 0 spiro atoms. The van der Waals surface area contributed by atoms with Crippen LogP contribution < -0.4 is 5.32 Å². The summed E-state index contributed by atoms with van der Waals surface area (Å²) in [7, 11) is 0. The van der Waals surface area contributed by atoms with Crippen molar-refractivity contribution in [2.45, 2.75) is 13.8 Å². The van der Waals surface area contributed by atoms with Crippen LogP contribution in [-0.4, -0.2) is 28.5 Å². The first kappa shape index (κ1) is 15.8. The van der Waals surface area contributed by atoms with Crippen molar-refractivity contribution in [2.75, 3.05) is 11.9 Å². The Bertz CT molecular complexity index is 653. The standard InChI is InChI=1S/C14H13BrN2O3S/c1-8(2)12-13(19)17(14(20)21-12)7-11(18)16-10-5-3-4-9(15)6-10/h3-6H,7H2,1-2H3,(H,16,18). The Morgan fingerprint density at radius 1 is 1.33 bits per heavy atom. The Hall–Kier alpha value is -1.60. The zero-order chi connectivity index (χ0) is 15.6. The van der Waals surface area contributed by atoms with Gasteiger partial charge >= 0.3 is 0 Å². The first-order chi connectivity index (χ1) is 9.88. The number of rotatable bonds is 3. The van der Waals surface area contributed by atoms with Crippen LogP contribution in [0.25, 0.3) is 0 Å². The molecular weight excluding hydrogens is 356 g/mol. The maximum atomic E-state index is 12.0. The molecule has 110 valence electrons. The van der Waals surface area contributed by atoms with E-state index in [0.717, 1.165) is 26.7 Å². The van der Waals surface area contributed by atoms with Gasteiger partial charge in [-0.2, -0.15) is 0 Å². The first-order valence-electron chi connectivity index (χ1n) is 6.15. The number of benzene rings is 1. The molecule has 1 aromatic rings. The normalized spacial score (nSPS) is 14.6. The van der Waals surface area contributed by atoms with Gasteiger partial charge in [0.05, 0.1) is 4.91 Å². The number of amides is 3. The fourth-order valence-corrected chi connectivity index (χ4v) is 2.99. The van der Waals surface area contributed by atoms with Crippen LogP contribution in [0.3, 0.4) is 0 Å². The molecular formula is C14H13BrN2O3S. The van der Waals surface area contributed by atoms with Gasteiger partial charge in [0.15, 0.2) is 0 Å². The summed E-state index contributed by atoms with van der Waals surface area (Å²) >= 11 is 4.17. The molecule has 7 heteroatoms. The Morgan fingerprint density at radius 3 is 2.62 bits per heavy atom. The van der Waals surface area contributed by atoms with Crippen molar-refractivity contribution in [3.63, 3.8) is 0 Å². The highest BCUT2D eigenvalue weighted by atomic mass is 79.9. The summed E-state index contributed by atoms with van der Waals surface area (Å²) < 4.78 is 0.830. The second-order valence-electron chi connectivity index (χ2n) is 4.65. The maximum absolute atomic E-state index is 12.0. The van der Waals surface area contributed by atoms with E-state index in [0.29, 0.717) is 10.6 Å². The van der Waals surface area contributed by atoms with Crippen molar-refractivity contribution in [1.29, 1.82) is 0 Å². The largest absolute Gasteiger partial charge is 0.324 e. The molecule has 3 amide bonds. The van der Waals surface area contributed by atoms with Crippen LogP contribution in [0.2, 0.25) is 0 Å². The molecule has 0 aromatic heterocycles. The number of allylic oxidation sites excluding steroid dienone is 1. The van der Waals surface area contributed by atoms with E-state index in [1.165, 1.54) is 0 Å². The predicted molar refractivity (Wildman–Crippen MR) is 85.8 cm³/mol. The number of hydrogen-bond donors (Lipinski definition) is 1. The SMILES string of the molecule is CC(C)=C1SC(=O)N(CC(=O)Nc2cccc(Br)c2)C1=O. The molecule has 1 N–H and O–H groups in total. The van der Waals surface area contributed by atoms with Crippen LogP contribution in [0, 0.1) is 0 Å². The third-order valence-electron chi connectivity index (χ3n) is 2.71. The fourth-order valence-electron chi connectivity index (χ4n) is 1.75. The highest BCUT2D eigenvalue weighted by molar-refractivity contribution is 9.10. The molecule has 5 nitrogen and oxygen atoms in total. The fraction of sp³-hybridized carbons (Fsp3) is 0.214. The van der Waals surface area contributed by atoms with Gasteiger partial charge in [0.25, 0.3) is 11.1 Å². The second-order valence-corrected chi connectivity index (χ2v) is 6.52. The minimum atomic E-state index is -0.416. The summed E-state index contributed by atoms with van der Waals surface area (Å²) in [5.74, 6) is -0.820. The van der Waals surface area contributed by atoms with E-state index >= 15 is 0 Å². The van der Waals surface area contributed by atoms with E-state index in [2.05, 4.69) is 21.2 Å². The van der Waals surface area contributed by atoms with E-state index in [-0.39, 0.29) is 6.54 Å². The van der Waals surface area contributed by atoms with E-state index in [1.54, 1.807) is 32.0 Å². The van der Waals surface area contributed by atoms with Crippen molar-refractivity contribution in [1.82, 2.24) is 4.90 Å². The molecule has 1 aromatic carbocycles. The number of halogens is 1. The Morgan fingerprint density at radius 2 is 2.05 bits per heavy atom. The third-order valence-corrected chi connectivity index (χ3v) is 4.39. The number of nitrogens with one attached hydrogen (secondary N) is 1. The molecule has 0 unspecified atom stereocenters. The topological polar surface area (TPSA) is 66.5 Å². The molecule has 1 heterocycles.